The quantitative estimate of drug-likeness (QED) is 0.637. The molecule has 0 aliphatic carbocycles. The van der Waals surface area contributed by atoms with Crippen LogP contribution in [0.2, 0.25) is 0 Å². The second-order valence-corrected chi connectivity index (χ2v) is 5.48. The summed E-state index contributed by atoms with van der Waals surface area (Å²) >= 11 is 0. The van der Waals surface area contributed by atoms with E-state index in [4.69, 9.17) is 9.52 Å². The zero-order valence-corrected chi connectivity index (χ0v) is 13.8. The van der Waals surface area contributed by atoms with Gasteiger partial charge in [0.05, 0.1) is 11.8 Å². The first-order valence-corrected chi connectivity index (χ1v) is 7.74. The fourth-order valence-electron chi connectivity index (χ4n) is 2.28. The molecule has 0 bridgehead atoms. The SMILES string of the molecule is O=C(Nc1ccc([O-])c(C(=O)O)c1)c1ccc(NC(=O)c2ccco2)cc1. The highest BCUT2D eigenvalue weighted by Gasteiger charge is 2.11. The van der Waals surface area contributed by atoms with Crippen LogP contribution in [0.1, 0.15) is 31.3 Å². The van der Waals surface area contributed by atoms with Gasteiger partial charge in [0.1, 0.15) is 0 Å². The standard InChI is InChI=1S/C19H14N2O6/c22-15-8-7-13(10-14(15)19(25)26)21-17(23)11-3-5-12(6-4-11)20-18(24)16-2-1-9-27-16/h1-10,22H,(H,20,24)(H,21,23)(H,25,26)/p-1. The Balaban J connectivity index is 1.68. The number of carbonyl (C=O) groups excluding carboxylic acids is 2. The summed E-state index contributed by atoms with van der Waals surface area (Å²) in [5, 5.41) is 25.5. The maximum absolute atomic E-state index is 12.3. The van der Waals surface area contributed by atoms with Crippen LogP contribution in [-0.4, -0.2) is 22.9 Å². The fourth-order valence-corrected chi connectivity index (χ4v) is 2.28. The van der Waals surface area contributed by atoms with E-state index in [0.29, 0.717) is 5.69 Å². The Kier molecular flexibility index (Phi) is 4.89. The molecule has 0 aliphatic rings. The van der Waals surface area contributed by atoms with Crippen molar-refractivity contribution in [2.45, 2.75) is 0 Å². The molecule has 2 amide bonds. The topological polar surface area (TPSA) is 132 Å². The third-order valence-electron chi connectivity index (χ3n) is 3.62. The van der Waals surface area contributed by atoms with Crippen molar-refractivity contribution in [2.24, 2.45) is 0 Å². The van der Waals surface area contributed by atoms with Gasteiger partial charge >= 0.3 is 5.97 Å². The van der Waals surface area contributed by atoms with Crippen LogP contribution in [0.4, 0.5) is 11.4 Å². The second-order valence-electron chi connectivity index (χ2n) is 5.48. The van der Waals surface area contributed by atoms with Crippen LogP contribution in [0.5, 0.6) is 5.75 Å². The molecular weight excluding hydrogens is 352 g/mol. The summed E-state index contributed by atoms with van der Waals surface area (Å²) in [6.45, 7) is 0. The maximum Gasteiger partial charge on any atom is 0.335 e. The van der Waals surface area contributed by atoms with Crippen LogP contribution in [0, 0.1) is 0 Å². The first-order valence-electron chi connectivity index (χ1n) is 7.74. The summed E-state index contributed by atoms with van der Waals surface area (Å²) in [5.41, 5.74) is 0.516. The Morgan fingerprint density at radius 2 is 1.56 bits per heavy atom. The van der Waals surface area contributed by atoms with Crippen molar-refractivity contribution in [3.05, 3.63) is 77.7 Å². The van der Waals surface area contributed by atoms with E-state index in [1.807, 2.05) is 0 Å². The first-order chi connectivity index (χ1) is 12.9. The number of carboxylic acid groups (broad SMARTS) is 1. The molecule has 0 fully saturated rings. The summed E-state index contributed by atoms with van der Waals surface area (Å²) in [7, 11) is 0. The summed E-state index contributed by atoms with van der Waals surface area (Å²) in [6.07, 6.45) is 1.39. The molecule has 0 saturated heterocycles. The van der Waals surface area contributed by atoms with Crippen LogP contribution in [0.25, 0.3) is 0 Å². The van der Waals surface area contributed by atoms with E-state index in [2.05, 4.69) is 10.6 Å². The summed E-state index contributed by atoms with van der Waals surface area (Å²) in [4.78, 5) is 35.1. The number of carbonyl (C=O) groups is 3. The Morgan fingerprint density at radius 1 is 0.889 bits per heavy atom. The van der Waals surface area contributed by atoms with E-state index in [1.165, 1.54) is 30.5 Å². The molecule has 27 heavy (non-hydrogen) atoms. The smallest absolute Gasteiger partial charge is 0.335 e. The maximum atomic E-state index is 12.3. The molecule has 0 spiro atoms. The van der Waals surface area contributed by atoms with E-state index < -0.39 is 29.1 Å². The number of hydrogen-bond donors (Lipinski definition) is 3. The molecule has 3 rings (SSSR count). The van der Waals surface area contributed by atoms with Crippen molar-refractivity contribution in [2.75, 3.05) is 10.6 Å². The van der Waals surface area contributed by atoms with Crippen molar-refractivity contribution in [3.63, 3.8) is 0 Å². The zero-order chi connectivity index (χ0) is 19.4. The van der Waals surface area contributed by atoms with Crippen LogP contribution in [0.3, 0.4) is 0 Å². The van der Waals surface area contributed by atoms with Gasteiger partial charge in [-0.2, -0.15) is 0 Å². The average molecular weight is 365 g/mol. The average Bonchev–Trinajstić information content (AvgIpc) is 3.18. The van der Waals surface area contributed by atoms with Gasteiger partial charge in [-0.1, -0.05) is 11.8 Å². The van der Waals surface area contributed by atoms with Crippen LogP contribution in [0.15, 0.2) is 65.3 Å². The molecule has 3 N–H and O–H groups in total. The van der Waals surface area contributed by atoms with Gasteiger partial charge < -0.3 is 25.3 Å². The Bertz CT molecular complexity index is 994. The van der Waals surface area contributed by atoms with E-state index in [9.17, 15) is 19.5 Å². The number of nitrogens with one attached hydrogen (secondary N) is 2. The van der Waals surface area contributed by atoms with Gasteiger partial charge in [-0.3, -0.25) is 9.59 Å². The molecule has 136 valence electrons. The molecule has 8 heteroatoms. The van der Waals surface area contributed by atoms with Gasteiger partial charge in [0.25, 0.3) is 11.8 Å². The number of carboxylic acids is 1. The second kappa shape index (κ2) is 7.44. The zero-order valence-electron chi connectivity index (χ0n) is 13.8. The molecule has 0 unspecified atom stereocenters. The molecule has 0 saturated carbocycles. The minimum Gasteiger partial charge on any atom is -0.872 e. The summed E-state index contributed by atoms with van der Waals surface area (Å²) in [5.74, 6) is -2.76. The minimum atomic E-state index is -1.37. The van der Waals surface area contributed by atoms with Crippen LogP contribution < -0.4 is 15.7 Å². The van der Waals surface area contributed by atoms with Crippen molar-refractivity contribution in [1.29, 1.82) is 0 Å². The molecule has 0 atom stereocenters. The van der Waals surface area contributed by atoms with E-state index in [0.717, 1.165) is 12.1 Å². The van der Waals surface area contributed by atoms with Crippen molar-refractivity contribution >= 4 is 29.2 Å². The lowest BCUT2D eigenvalue weighted by Crippen LogP contribution is -2.14. The van der Waals surface area contributed by atoms with Crippen LogP contribution in [-0.2, 0) is 0 Å². The number of aromatic carboxylic acids is 1. The van der Waals surface area contributed by atoms with E-state index in [1.54, 1.807) is 18.2 Å². The highest BCUT2D eigenvalue weighted by atomic mass is 16.4. The van der Waals surface area contributed by atoms with Crippen molar-refractivity contribution < 1.29 is 29.0 Å². The van der Waals surface area contributed by atoms with Gasteiger partial charge in [-0.25, -0.2) is 4.79 Å². The van der Waals surface area contributed by atoms with Gasteiger partial charge in [0.2, 0.25) is 0 Å². The molecule has 1 aromatic heterocycles. The predicted molar refractivity (Wildman–Crippen MR) is 93.9 cm³/mol. The number of furan rings is 1. The first kappa shape index (κ1) is 17.7. The highest BCUT2D eigenvalue weighted by molar-refractivity contribution is 6.06. The third-order valence-corrected chi connectivity index (χ3v) is 3.62. The third kappa shape index (κ3) is 4.13. The normalized spacial score (nSPS) is 10.2. The van der Waals surface area contributed by atoms with Gasteiger partial charge in [-0.15, -0.1) is 0 Å². The molecule has 8 nitrogen and oxygen atoms in total. The summed E-state index contributed by atoms with van der Waals surface area (Å²) in [6, 6.07) is 12.7. The number of benzene rings is 2. The largest absolute Gasteiger partial charge is 0.872 e. The van der Waals surface area contributed by atoms with Gasteiger partial charge in [0.15, 0.2) is 5.76 Å². The molecule has 1 heterocycles. The predicted octanol–water partition coefficient (Wildman–Crippen LogP) is 2.56. The molecule has 0 aliphatic heterocycles. The lowest BCUT2D eigenvalue weighted by Gasteiger charge is -2.12. The fraction of sp³-hybridized carbons (Fsp3) is 0. The van der Waals surface area contributed by atoms with Gasteiger partial charge in [0, 0.05) is 16.9 Å². The molecule has 3 aromatic rings. The Hall–Kier alpha value is -4.07. The lowest BCUT2D eigenvalue weighted by atomic mass is 10.1. The molecule has 2 aromatic carbocycles. The molecule has 0 radical (unpaired) electrons. The van der Waals surface area contributed by atoms with Gasteiger partial charge in [-0.05, 0) is 48.5 Å². The summed E-state index contributed by atoms with van der Waals surface area (Å²) < 4.78 is 4.99. The number of hydrogen-bond acceptors (Lipinski definition) is 5. The Labute approximate surface area is 153 Å². The monoisotopic (exact) mass is 365 g/mol. The minimum absolute atomic E-state index is 0.160. The molecular formula is C19H13N2O6-. The number of anilines is 2. The number of amides is 2. The van der Waals surface area contributed by atoms with Crippen LogP contribution >= 0.6 is 0 Å². The van der Waals surface area contributed by atoms with E-state index in [-0.39, 0.29) is 17.0 Å². The lowest BCUT2D eigenvalue weighted by molar-refractivity contribution is -0.268. The Morgan fingerprint density at radius 3 is 2.19 bits per heavy atom. The van der Waals surface area contributed by atoms with Crippen molar-refractivity contribution in [3.8, 4) is 5.75 Å². The van der Waals surface area contributed by atoms with Crippen molar-refractivity contribution in [1.82, 2.24) is 0 Å². The highest BCUT2D eigenvalue weighted by Crippen LogP contribution is 2.20. The number of rotatable bonds is 5. The van der Waals surface area contributed by atoms with E-state index >= 15 is 0 Å².